The van der Waals surface area contributed by atoms with Gasteiger partial charge in [0.1, 0.15) is 0 Å². The standard InChI is InChI=1S/C8H15NO2/c1-7(9(10)11)6-8-4-2-3-5-8/h7-8H,2-6H2,1H3. The molecule has 0 N–H and O–H groups in total. The summed E-state index contributed by atoms with van der Waals surface area (Å²) in [7, 11) is 0. The molecule has 1 rings (SSSR count). The Hall–Kier alpha value is -0.600. The molecule has 1 aliphatic rings. The van der Waals surface area contributed by atoms with Crippen LogP contribution in [0.3, 0.4) is 0 Å². The van der Waals surface area contributed by atoms with Crippen LogP contribution in [0, 0.1) is 16.0 Å². The van der Waals surface area contributed by atoms with Gasteiger partial charge in [-0.25, -0.2) is 0 Å². The number of hydrogen-bond donors (Lipinski definition) is 0. The maximum Gasteiger partial charge on any atom is 0.210 e. The van der Waals surface area contributed by atoms with Crippen LogP contribution in [0.2, 0.25) is 0 Å². The molecule has 64 valence electrons. The second kappa shape index (κ2) is 3.69. The molecule has 0 aliphatic heterocycles. The van der Waals surface area contributed by atoms with Gasteiger partial charge in [0.15, 0.2) is 0 Å². The van der Waals surface area contributed by atoms with Gasteiger partial charge in [0, 0.05) is 18.3 Å². The van der Waals surface area contributed by atoms with Crippen LogP contribution in [-0.4, -0.2) is 11.0 Å². The molecule has 1 aliphatic carbocycles. The molecule has 3 heteroatoms. The van der Waals surface area contributed by atoms with Crippen LogP contribution >= 0.6 is 0 Å². The van der Waals surface area contributed by atoms with E-state index in [2.05, 4.69) is 0 Å². The van der Waals surface area contributed by atoms with E-state index in [4.69, 9.17) is 0 Å². The zero-order chi connectivity index (χ0) is 8.27. The molecule has 0 bridgehead atoms. The molecule has 1 fully saturated rings. The summed E-state index contributed by atoms with van der Waals surface area (Å²) in [5.74, 6) is 0.635. The van der Waals surface area contributed by atoms with E-state index in [1.807, 2.05) is 0 Å². The molecule has 0 aromatic rings. The van der Waals surface area contributed by atoms with E-state index in [0.29, 0.717) is 5.92 Å². The first-order chi connectivity index (χ1) is 5.20. The van der Waals surface area contributed by atoms with Crippen LogP contribution in [0.25, 0.3) is 0 Å². The van der Waals surface area contributed by atoms with Crippen molar-refractivity contribution in [1.29, 1.82) is 0 Å². The molecule has 1 saturated carbocycles. The molecule has 0 saturated heterocycles. The minimum absolute atomic E-state index is 0.168. The summed E-state index contributed by atoms with van der Waals surface area (Å²) in [6, 6.07) is -0.335. The van der Waals surface area contributed by atoms with Crippen LogP contribution < -0.4 is 0 Å². The highest BCUT2D eigenvalue weighted by Crippen LogP contribution is 2.28. The Labute approximate surface area is 66.9 Å². The molecule has 1 atom stereocenters. The maximum atomic E-state index is 10.3. The molecular formula is C8H15NO2. The summed E-state index contributed by atoms with van der Waals surface area (Å²) in [5, 5.41) is 10.3. The fraction of sp³-hybridized carbons (Fsp3) is 1.00. The Morgan fingerprint density at radius 2 is 2.09 bits per heavy atom. The lowest BCUT2D eigenvalue weighted by atomic mass is 10.00. The van der Waals surface area contributed by atoms with Gasteiger partial charge in [-0.05, 0) is 5.92 Å². The minimum atomic E-state index is -0.335. The average Bonchev–Trinajstić information content (AvgIpc) is 2.39. The van der Waals surface area contributed by atoms with Crippen LogP contribution in [0.4, 0.5) is 0 Å². The summed E-state index contributed by atoms with van der Waals surface area (Å²) in [6.07, 6.45) is 5.74. The van der Waals surface area contributed by atoms with Gasteiger partial charge in [-0.2, -0.15) is 0 Å². The first kappa shape index (κ1) is 8.50. The Bertz CT molecular complexity index is 141. The smallest absolute Gasteiger partial charge is 0.210 e. The molecule has 1 unspecified atom stereocenters. The van der Waals surface area contributed by atoms with Gasteiger partial charge in [0.25, 0.3) is 0 Å². The van der Waals surface area contributed by atoms with Crippen molar-refractivity contribution in [2.24, 2.45) is 5.92 Å². The van der Waals surface area contributed by atoms with E-state index in [1.54, 1.807) is 6.92 Å². The van der Waals surface area contributed by atoms with Crippen molar-refractivity contribution in [3.05, 3.63) is 10.1 Å². The predicted octanol–water partition coefficient (Wildman–Crippen LogP) is 2.23. The van der Waals surface area contributed by atoms with Gasteiger partial charge in [-0.15, -0.1) is 0 Å². The van der Waals surface area contributed by atoms with E-state index in [-0.39, 0.29) is 11.0 Å². The van der Waals surface area contributed by atoms with Crippen LogP contribution in [0.15, 0.2) is 0 Å². The zero-order valence-electron chi connectivity index (χ0n) is 6.95. The minimum Gasteiger partial charge on any atom is -0.264 e. The van der Waals surface area contributed by atoms with E-state index in [9.17, 15) is 10.1 Å². The topological polar surface area (TPSA) is 43.1 Å². The Morgan fingerprint density at radius 3 is 2.55 bits per heavy atom. The summed E-state index contributed by atoms with van der Waals surface area (Å²) < 4.78 is 0. The van der Waals surface area contributed by atoms with E-state index >= 15 is 0 Å². The van der Waals surface area contributed by atoms with E-state index < -0.39 is 0 Å². The summed E-state index contributed by atoms with van der Waals surface area (Å²) in [6.45, 7) is 1.71. The van der Waals surface area contributed by atoms with E-state index in [1.165, 1.54) is 25.7 Å². The molecule has 0 heterocycles. The van der Waals surface area contributed by atoms with Crippen molar-refractivity contribution in [3.8, 4) is 0 Å². The summed E-state index contributed by atoms with van der Waals surface area (Å²) in [4.78, 5) is 10.1. The normalized spacial score (nSPS) is 21.9. The van der Waals surface area contributed by atoms with Crippen molar-refractivity contribution < 1.29 is 4.92 Å². The van der Waals surface area contributed by atoms with Crippen LogP contribution in [-0.2, 0) is 0 Å². The second-order valence-corrected chi connectivity index (χ2v) is 3.52. The third kappa shape index (κ3) is 2.48. The van der Waals surface area contributed by atoms with Crippen molar-refractivity contribution >= 4 is 0 Å². The maximum absolute atomic E-state index is 10.3. The fourth-order valence-electron chi connectivity index (χ4n) is 1.81. The number of hydrogen-bond acceptors (Lipinski definition) is 2. The third-order valence-corrected chi connectivity index (χ3v) is 2.51. The molecule has 3 nitrogen and oxygen atoms in total. The Balaban J connectivity index is 2.23. The highest BCUT2D eigenvalue weighted by molar-refractivity contribution is 4.69. The highest BCUT2D eigenvalue weighted by Gasteiger charge is 2.22. The summed E-state index contributed by atoms with van der Waals surface area (Å²) in [5.41, 5.74) is 0. The largest absolute Gasteiger partial charge is 0.264 e. The third-order valence-electron chi connectivity index (χ3n) is 2.51. The lowest BCUT2D eigenvalue weighted by Crippen LogP contribution is -2.18. The molecular weight excluding hydrogens is 142 g/mol. The molecule has 0 spiro atoms. The Morgan fingerprint density at radius 1 is 1.55 bits per heavy atom. The van der Waals surface area contributed by atoms with E-state index in [0.717, 1.165) is 6.42 Å². The van der Waals surface area contributed by atoms with Gasteiger partial charge in [-0.3, -0.25) is 10.1 Å². The van der Waals surface area contributed by atoms with Gasteiger partial charge >= 0.3 is 0 Å². The first-order valence-corrected chi connectivity index (χ1v) is 4.33. The number of nitrogens with zero attached hydrogens (tertiary/aromatic N) is 1. The Kier molecular flexibility index (Phi) is 2.85. The molecule has 11 heavy (non-hydrogen) atoms. The van der Waals surface area contributed by atoms with Gasteiger partial charge in [-0.1, -0.05) is 25.7 Å². The lowest BCUT2D eigenvalue weighted by molar-refractivity contribution is -0.520. The van der Waals surface area contributed by atoms with Crippen LogP contribution in [0.1, 0.15) is 39.0 Å². The van der Waals surface area contributed by atoms with Gasteiger partial charge in [0.05, 0.1) is 0 Å². The summed E-state index contributed by atoms with van der Waals surface area (Å²) >= 11 is 0. The predicted molar refractivity (Wildman–Crippen MR) is 43.0 cm³/mol. The SMILES string of the molecule is CC(CC1CCCC1)[N+](=O)[O-]. The molecule has 0 aromatic carbocycles. The first-order valence-electron chi connectivity index (χ1n) is 4.33. The second-order valence-electron chi connectivity index (χ2n) is 3.52. The monoisotopic (exact) mass is 157 g/mol. The van der Waals surface area contributed by atoms with Crippen molar-refractivity contribution in [2.45, 2.75) is 45.1 Å². The quantitative estimate of drug-likeness (QED) is 0.465. The number of rotatable bonds is 3. The molecule has 0 amide bonds. The highest BCUT2D eigenvalue weighted by atomic mass is 16.6. The van der Waals surface area contributed by atoms with Gasteiger partial charge < -0.3 is 0 Å². The average molecular weight is 157 g/mol. The zero-order valence-corrected chi connectivity index (χ0v) is 6.95. The van der Waals surface area contributed by atoms with Crippen molar-refractivity contribution in [2.75, 3.05) is 0 Å². The molecule has 0 radical (unpaired) electrons. The van der Waals surface area contributed by atoms with Crippen LogP contribution in [0.5, 0.6) is 0 Å². The van der Waals surface area contributed by atoms with Crippen molar-refractivity contribution in [1.82, 2.24) is 0 Å². The fourth-order valence-corrected chi connectivity index (χ4v) is 1.81. The lowest BCUT2D eigenvalue weighted by Gasteiger charge is -2.08. The van der Waals surface area contributed by atoms with Crippen molar-refractivity contribution in [3.63, 3.8) is 0 Å². The number of nitro groups is 1. The van der Waals surface area contributed by atoms with Gasteiger partial charge in [0.2, 0.25) is 6.04 Å². The molecule has 0 aromatic heterocycles.